The lowest BCUT2D eigenvalue weighted by Gasteiger charge is -2.36. The number of aromatic carboxylic acids is 1. The van der Waals surface area contributed by atoms with E-state index in [1.54, 1.807) is 0 Å². The van der Waals surface area contributed by atoms with Gasteiger partial charge in [-0.15, -0.1) is 0 Å². The van der Waals surface area contributed by atoms with Gasteiger partial charge in [0.15, 0.2) is 5.13 Å². The van der Waals surface area contributed by atoms with Crippen molar-refractivity contribution in [1.29, 1.82) is 0 Å². The largest absolute Gasteiger partial charge is 0.477 e. The van der Waals surface area contributed by atoms with Crippen molar-refractivity contribution in [2.24, 2.45) is 5.92 Å². The Bertz CT molecular complexity index is 444. The Hall–Kier alpha value is -1.10. The fraction of sp³-hybridized carbons (Fsp3) is 0.692. The summed E-state index contributed by atoms with van der Waals surface area (Å²) >= 11 is 1.32. The minimum absolute atomic E-state index is 0.401. The first-order valence-electron chi connectivity index (χ1n) is 6.52. The highest BCUT2D eigenvalue weighted by molar-refractivity contribution is 7.17. The maximum atomic E-state index is 11.2. The Morgan fingerprint density at radius 2 is 2.28 bits per heavy atom. The number of aryl methyl sites for hydroxylation is 1. The number of carbonyl (C=O) groups is 1. The normalized spacial score (nSPS) is 24.3. The third kappa shape index (κ3) is 2.51. The number of anilines is 1. The van der Waals surface area contributed by atoms with Crippen LogP contribution < -0.4 is 4.90 Å². The SMILES string of the molecule is CCc1nc(N2CCC(C)CC2C)sc1C(=O)O. The topological polar surface area (TPSA) is 53.4 Å². The van der Waals surface area contributed by atoms with Gasteiger partial charge in [-0.1, -0.05) is 25.2 Å². The zero-order valence-corrected chi connectivity index (χ0v) is 12.0. The standard InChI is InChI=1S/C13H20N2O2S/c1-4-10-11(12(16)17)18-13(14-10)15-6-5-8(2)7-9(15)3/h8-9H,4-7H2,1-3H3,(H,16,17). The molecule has 2 rings (SSSR count). The van der Waals surface area contributed by atoms with Crippen LogP contribution in [-0.4, -0.2) is 28.6 Å². The van der Waals surface area contributed by atoms with Crippen molar-refractivity contribution < 1.29 is 9.90 Å². The number of aromatic nitrogens is 1. The van der Waals surface area contributed by atoms with E-state index in [9.17, 15) is 4.79 Å². The lowest BCUT2D eigenvalue weighted by atomic mass is 9.94. The third-order valence-electron chi connectivity index (χ3n) is 3.60. The molecular weight excluding hydrogens is 248 g/mol. The fourth-order valence-electron chi connectivity index (χ4n) is 2.56. The quantitative estimate of drug-likeness (QED) is 0.915. The van der Waals surface area contributed by atoms with Gasteiger partial charge in [0.25, 0.3) is 0 Å². The number of hydrogen-bond donors (Lipinski definition) is 1. The summed E-state index contributed by atoms with van der Waals surface area (Å²) < 4.78 is 0. The summed E-state index contributed by atoms with van der Waals surface area (Å²) in [5.74, 6) is -0.102. The molecule has 0 aromatic carbocycles. The zero-order chi connectivity index (χ0) is 13.3. The maximum Gasteiger partial charge on any atom is 0.347 e. The highest BCUT2D eigenvalue weighted by Crippen LogP contribution is 2.32. The van der Waals surface area contributed by atoms with Crippen molar-refractivity contribution in [3.63, 3.8) is 0 Å². The van der Waals surface area contributed by atoms with E-state index in [-0.39, 0.29) is 0 Å². The van der Waals surface area contributed by atoms with Crippen LogP contribution in [0.4, 0.5) is 5.13 Å². The molecule has 2 unspecified atom stereocenters. The molecule has 1 aromatic rings. The maximum absolute atomic E-state index is 11.2. The van der Waals surface area contributed by atoms with Crippen molar-refractivity contribution in [3.05, 3.63) is 10.6 Å². The Labute approximate surface area is 112 Å². The van der Waals surface area contributed by atoms with E-state index in [1.807, 2.05) is 6.92 Å². The van der Waals surface area contributed by atoms with Crippen molar-refractivity contribution in [1.82, 2.24) is 4.98 Å². The Kier molecular flexibility index (Phi) is 3.90. The van der Waals surface area contributed by atoms with E-state index in [0.717, 1.165) is 30.4 Å². The van der Waals surface area contributed by atoms with E-state index in [4.69, 9.17) is 5.11 Å². The Balaban J connectivity index is 2.25. The molecule has 1 aliphatic heterocycles. The van der Waals surface area contributed by atoms with E-state index in [0.29, 0.717) is 23.0 Å². The summed E-state index contributed by atoms with van der Waals surface area (Å²) in [5, 5.41) is 10.0. The van der Waals surface area contributed by atoms with Gasteiger partial charge in [-0.2, -0.15) is 0 Å². The predicted molar refractivity (Wildman–Crippen MR) is 73.7 cm³/mol. The molecule has 0 bridgehead atoms. The van der Waals surface area contributed by atoms with Crippen LogP contribution in [-0.2, 0) is 6.42 Å². The second-order valence-electron chi connectivity index (χ2n) is 5.10. The van der Waals surface area contributed by atoms with Gasteiger partial charge in [0.05, 0.1) is 5.69 Å². The fourth-order valence-corrected chi connectivity index (χ4v) is 3.68. The van der Waals surface area contributed by atoms with Gasteiger partial charge in [-0.05, 0) is 32.1 Å². The molecule has 0 amide bonds. The summed E-state index contributed by atoms with van der Waals surface area (Å²) in [5.41, 5.74) is 0.716. The average molecular weight is 268 g/mol. The van der Waals surface area contributed by atoms with Crippen LogP contribution in [0.5, 0.6) is 0 Å². The second kappa shape index (κ2) is 5.26. The number of piperidine rings is 1. The number of thiazole rings is 1. The Morgan fingerprint density at radius 3 is 2.78 bits per heavy atom. The predicted octanol–water partition coefficient (Wildman–Crippen LogP) is 3.03. The van der Waals surface area contributed by atoms with E-state index < -0.39 is 5.97 Å². The summed E-state index contributed by atoms with van der Waals surface area (Å²) in [6.45, 7) is 7.41. The molecule has 1 aliphatic rings. The van der Waals surface area contributed by atoms with Crippen molar-refractivity contribution in [3.8, 4) is 0 Å². The van der Waals surface area contributed by atoms with Crippen LogP contribution in [0.3, 0.4) is 0 Å². The summed E-state index contributed by atoms with van der Waals surface area (Å²) in [4.78, 5) is 18.3. The molecule has 1 N–H and O–H groups in total. The smallest absolute Gasteiger partial charge is 0.347 e. The van der Waals surface area contributed by atoms with Gasteiger partial charge in [-0.3, -0.25) is 0 Å². The molecule has 0 radical (unpaired) electrons. The van der Waals surface area contributed by atoms with Gasteiger partial charge < -0.3 is 10.0 Å². The first-order valence-corrected chi connectivity index (χ1v) is 7.34. The number of carboxylic acids is 1. The van der Waals surface area contributed by atoms with Crippen LogP contribution >= 0.6 is 11.3 Å². The van der Waals surface area contributed by atoms with Gasteiger partial charge in [-0.25, -0.2) is 9.78 Å². The first-order chi connectivity index (χ1) is 8.52. The molecule has 4 nitrogen and oxygen atoms in total. The molecule has 2 heterocycles. The van der Waals surface area contributed by atoms with Gasteiger partial charge in [0.1, 0.15) is 4.88 Å². The molecule has 5 heteroatoms. The first kappa shape index (κ1) is 13.3. The van der Waals surface area contributed by atoms with Gasteiger partial charge in [0.2, 0.25) is 0 Å². The van der Waals surface area contributed by atoms with Gasteiger partial charge >= 0.3 is 5.97 Å². The lowest BCUT2D eigenvalue weighted by molar-refractivity contribution is 0.0701. The van der Waals surface area contributed by atoms with Crippen molar-refractivity contribution in [2.75, 3.05) is 11.4 Å². The van der Waals surface area contributed by atoms with Crippen LogP contribution in [0.1, 0.15) is 49.0 Å². The van der Waals surface area contributed by atoms with E-state index in [2.05, 4.69) is 23.7 Å². The van der Waals surface area contributed by atoms with Crippen LogP contribution in [0.2, 0.25) is 0 Å². The molecule has 1 aromatic heterocycles. The molecule has 2 atom stereocenters. The van der Waals surface area contributed by atoms with Crippen LogP contribution in [0, 0.1) is 5.92 Å². The van der Waals surface area contributed by atoms with Crippen molar-refractivity contribution >= 4 is 22.4 Å². The molecule has 0 saturated carbocycles. The number of nitrogens with zero attached hydrogens (tertiary/aromatic N) is 2. The summed E-state index contributed by atoms with van der Waals surface area (Å²) in [6, 6.07) is 0.450. The van der Waals surface area contributed by atoms with Gasteiger partial charge in [0, 0.05) is 12.6 Å². The van der Waals surface area contributed by atoms with Crippen molar-refractivity contribution in [2.45, 2.75) is 46.1 Å². The average Bonchev–Trinajstić information content (AvgIpc) is 2.73. The lowest BCUT2D eigenvalue weighted by Crippen LogP contribution is -2.40. The minimum Gasteiger partial charge on any atom is -0.477 e. The van der Waals surface area contributed by atoms with Crippen LogP contribution in [0.15, 0.2) is 0 Å². The molecule has 1 saturated heterocycles. The second-order valence-corrected chi connectivity index (χ2v) is 6.08. The highest BCUT2D eigenvalue weighted by Gasteiger charge is 2.27. The molecule has 0 aliphatic carbocycles. The zero-order valence-electron chi connectivity index (χ0n) is 11.1. The minimum atomic E-state index is -0.853. The highest BCUT2D eigenvalue weighted by atomic mass is 32.1. The number of rotatable bonds is 3. The molecule has 0 spiro atoms. The Morgan fingerprint density at radius 1 is 1.56 bits per heavy atom. The third-order valence-corrected chi connectivity index (χ3v) is 4.72. The van der Waals surface area contributed by atoms with E-state index >= 15 is 0 Å². The number of carboxylic acid groups (broad SMARTS) is 1. The van der Waals surface area contributed by atoms with Crippen LogP contribution in [0.25, 0.3) is 0 Å². The van der Waals surface area contributed by atoms with E-state index in [1.165, 1.54) is 11.3 Å². The number of hydrogen-bond acceptors (Lipinski definition) is 4. The molecular formula is C13H20N2O2S. The molecule has 100 valence electrons. The molecule has 18 heavy (non-hydrogen) atoms. The monoisotopic (exact) mass is 268 g/mol. The molecule has 1 fully saturated rings. The summed E-state index contributed by atoms with van der Waals surface area (Å²) in [6.07, 6.45) is 2.99. The summed E-state index contributed by atoms with van der Waals surface area (Å²) in [7, 11) is 0.